The van der Waals surface area contributed by atoms with E-state index in [0.717, 1.165) is 11.5 Å². The Morgan fingerprint density at radius 1 is 1.36 bits per heavy atom. The monoisotopic (exact) mass is 210 g/mol. The number of rotatable bonds is 5. The Kier molecular flexibility index (Phi) is 4.53. The number of carboxylic acid groups (broad SMARTS) is 1. The van der Waals surface area contributed by atoms with Gasteiger partial charge < -0.3 is 5.11 Å². The smallest absolute Gasteiger partial charge is 0.335 e. The van der Waals surface area contributed by atoms with Crippen LogP contribution in [-0.2, 0) is 5.75 Å². The lowest BCUT2D eigenvalue weighted by Crippen LogP contribution is -1.95. The molecular weight excluding hydrogens is 196 g/mol. The number of thioether (sulfide) groups is 1. The maximum Gasteiger partial charge on any atom is 0.335 e. The molecular formula is C11H14O2S. The Labute approximate surface area is 88.3 Å². The molecule has 0 aliphatic carbocycles. The predicted molar refractivity (Wildman–Crippen MR) is 59.9 cm³/mol. The third-order valence-corrected chi connectivity index (χ3v) is 3.05. The molecule has 0 spiro atoms. The summed E-state index contributed by atoms with van der Waals surface area (Å²) >= 11 is 1.87. The van der Waals surface area contributed by atoms with Gasteiger partial charge in [0, 0.05) is 5.75 Å². The van der Waals surface area contributed by atoms with Crippen molar-refractivity contribution in [2.75, 3.05) is 5.75 Å². The molecule has 76 valence electrons. The van der Waals surface area contributed by atoms with Crippen LogP contribution in [0, 0.1) is 0 Å². The van der Waals surface area contributed by atoms with Crippen LogP contribution >= 0.6 is 11.8 Å². The van der Waals surface area contributed by atoms with E-state index in [1.54, 1.807) is 12.1 Å². The summed E-state index contributed by atoms with van der Waals surface area (Å²) in [6.07, 6.45) is 1.18. The van der Waals surface area contributed by atoms with Gasteiger partial charge in [0.05, 0.1) is 5.56 Å². The van der Waals surface area contributed by atoms with Gasteiger partial charge in [0.15, 0.2) is 0 Å². The molecule has 3 heteroatoms. The van der Waals surface area contributed by atoms with Crippen LogP contribution in [0.5, 0.6) is 0 Å². The zero-order valence-corrected chi connectivity index (χ0v) is 9.01. The molecule has 0 aliphatic heterocycles. The van der Waals surface area contributed by atoms with Gasteiger partial charge in [0.25, 0.3) is 0 Å². The van der Waals surface area contributed by atoms with E-state index in [1.165, 1.54) is 12.0 Å². The molecule has 0 saturated carbocycles. The standard InChI is InChI=1S/C11H14O2S/c1-2-7-14-8-9-3-5-10(6-4-9)11(12)13/h3-6H,2,7-8H2,1H3,(H,12,13). The summed E-state index contributed by atoms with van der Waals surface area (Å²) in [7, 11) is 0. The van der Waals surface area contributed by atoms with Crippen molar-refractivity contribution < 1.29 is 9.90 Å². The molecule has 0 aliphatic rings. The molecule has 1 N–H and O–H groups in total. The second-order valence-electron chi connectivity index (χ2n) is 3.05. The number of carbonyl (C=O) groups is 1. The number of hydrogen-bond acceptors (Lipinski definition) is 2. The molecule has 1 aromatic rings. The molecule has 0 unspecified atom stereocenters. The topological polar surface area (TPSA) is 37.3 Å². The van der Waals surface area contributed by atoms with E-state index >= 15 is 0 Å². The third-order valence-electron chi connectivity index (χ3n) is 1.82. The maximum atomic E-state index is 10.6. The van der Waals surface area contributed by atoms with Crippen molar-refractivity contribution in [2.45, 2.75) is 19.1 Å². The molecule has 0 amide bonds. The fourth-order valence-corrected chi connectivity index (χ4v) is 1.94. The Hall–Kier alpha value is -0.960. The highest BCUT2D eigenvalue weighted by atomic mass is 32.2. The van der Waals surface area contributed by atoms with E-state index in [4.69, 9.17) is 5.11 Å². The van der Waals surface area contributed by atoms with E-state index in [1.807, 2.05) is 23.9 Å². The number of hydrogen-bond donors (Lipinski definition) is 1. The highest BCUT2D eigenvalue weighted by molar-refractivity contribution is 7.98. The Morgan fingerprint density at radius 3 is 2.50 bits per heavy atom. The summed E-state index contributed by atoms with van der Waals surface area (Å²) < 4.78 is 0. The Morgan fingerprint density at radius 2 is 2.00 bits per heavy atom. The molecule has 2 nitrogen and oxygen atoms in total. The van der Waals surface area contributed by atoms with Crippen molar-refractivity contribution in [2.24, 2.45) is 0 Å². The second-order valence-corrected chi connectivity index (χ2v) is 4.16. The number of benzene rings is 1. The van der Waals surface area contributed by atoms with Crippen molar-refractivity contribution in [3.63, 3.8) is 0 Å². The van der Waals surface area contributed by atoms with E-state index in [-0.39, 0.29) is 0 Å². The van der Waals surface area contributed by atoms with Crippen LogP contribution in [0.2, 0.25) is 0 Å². The summed E-state index contributed by atoms with van der Waals surface area (Å²) in [4.78, 5) is 10.6. The van der Waals surface area contributed by atoms with Gasteiger partial charge in [-0.1, -0.05) is 19.1 Å². The Balaban J connectivity index is 2.51. The van der Waals surface area contributed by atoms with Crippen molar-refractivity contribution in [3.05, 3.63) is 35.4 Å². The van der Waals surface area contributed by atoms with Crippen molar-refractivity contribution in [3.8, 4) is 0 Å². The quantitative estimate of drug-likeness (QED) is 0.759. The fourth-order valence-electron chi connectivity index (χ4n) is 1.08. The van der Waals surface area contributed by atoms with Crippen LogP contribution in [0.15, 0.2) is 24.3 Å². The molecule has 0 heterocycles. The lowest BCUT2D eigenvalue weighted by molar-refractivity contribution is 0.0697. The zero-order valence-electron chi connectivity index (χ0n) is 8.19. The number of aromatic carboxylic acids is 1. The van der Waals surface area contributed by atoms with Crippen LogP contribution in [0.3, 0.4) is 0 Å². The third kappa shape index (κ3) is 3.42. The molecule has 0 saturated heterocycles. The summed E-state index contributed by atoms with van der Waals surface area (Å²) in [5.74, 6) is 1.26. The zero-order chi connectivity index (χ0) is 10.4. The highest BCUT2D eigenvalue weighted by Gasteiger charge is 2.01. The molecule has 1 rings (SSSR count). The minimum absolute atomic E-state index is 0.356. The lowest BCUT2D eigenvalue weighted by Gasteiger charge is -2.00. The minimum atomic E-state index is -0.863. The average molecular weight is 210 g/mol. The van der Waals surface area contributed by atoms with E-state index in [0.29, 0.717) is 5.56 Å². The summed E-state index contributed by atoms with van der Waals surface area (Å²) in [5, 5.41) is 8.68. The lowest BCUT2D eigenvalue weighted by atomic mass is 10.1. The fraction of sp³-hybridized carbons (Fsp3) is 0.364. The van der Waals surface area contributed by atoms with Crippen LogP contribution in [0.4, 0.5) is 0 Å². The predicted octanol–water partition coefficient (Wildman–Crippen LogP) is 3.03. The molecule has 0 bridgehead atoms. The molecule has 0 fully saturated rings. The van der Waals surface area contributed by atoms with Crippen LogP contribution in [-0.4, -0.2) is 16.8 Å². The highest BCUT2D eigenvalue weighted by Crippen LogP contribution is 2.13. The van der Waals surface area contributed by atoms with Crippen molar-refractivity contribution in [1.29, 1.82) is 0 Å². The van der Waals surface area contributed by atoms with Gasteiger partial charge in [-0.2, -0.15) is 11.8 Å². The second kappa shape index (κ2) is 5.70. The first-order valence-corrected chi connectivity index (χ1v) is 5.79. The van der Waals surface area contributed by atoms with Gasteiger partial charge in [-0.3, -0.25) is 0 Å². The Bertz CT molecular complexity index is 293. The van der Waals surface area contributed by atoms with Crippen LogP contribution in [0.1, 0.15) is 29.3 Å². The normalized spacial score (nSPS) is 10.1. The molecule has 1 aromatic carbocycles. The average Bonchev–Trinajstić information content (AvgIpc) is 2.19. The number of carboxylic acids is 1. The summed E-state index contributed by atoms with van der Waals surface area (Å²) in [6.45, 7) is 2.15. The van der Waals surface area contributed by atoms with Gasteiger partial charge in [-0.25, -0.2) is 4.79 Å². The van der Waals surface area contributed by atoms with E-state index in [9.17, 15) is 4.79 Å². The molecule has 0 aromatic heterocycles. The van der Waals surface area contributed by atoms with Crippen molar-refractivity contribution >= 4 is 17.7 Å². The first-order chi connectivity index (χ1) is 6.74. The molecule has 0 atom stereocenters. The van der Waals surface area contributed by atoms with Gasteiger partial charge in [0.2, 0.25) is 0 Å². The van der Waals surface area contributed by atoms with Crippen molar-refractivity contribution in [1.82, 2.24) is 0 Å². The van der Waals surface area contributed by atoms with Gasteiger partial charge in [-0.15, -0.1) is 0 Å². The van der Waals surface area contributed by atoms with Gasteiger partial charge in [0.1, 0.15) is 0 Å². The maximum absolute atomic E-state index is 10.6. The van der Waals surface area contributed by atoms with Crippen LogP contribution in [0.25, 0.3) is 0 Å². The van der Waals surface area contributed by atoms with Gasteiger partial charge >= 0.3 is 5.97 Å². The van der Waals surface area contributed by atoms with Gasteiger partial charge in [-0.05, 0) is 29.9 Å². The molecule has 0 radical (unpaired) electrons. The first kappa shape index (κ1) is 11.1. The first-order valence-electron chi connectivity index (χ1n) is 4.64. The summed E-state index contributed by atoms with van der Waals surface area (Å²) in [6, 6.07) is 7.08. The minimum Gasteiger partial charge on any atom is -0.478 e. The molecule has 14 heavy (non-hydrogen) atoms. The SMILES string of the molecule is CCCSCc1ccc(C(=O)O)cc1. The summed E-state index contributed by atoms with van der Waals surface area (Å²) in [5.41, 5.74) is 1.54. The van der Waals surface area contributed by atoms with E-state index < -0.39 is 5.97 Å². The largest absolute Gasteiger partial charge is 0.478 e. The van der Waals surface area contributed by atoms with Crippen LogP contribution < -0.4 is 0 Å². The van der Waals surface area contributed by atoms with E-state index in [2.05, 4.69) is 6.92 Å².